The second kappa shape index (κ2) is 6.62. The topological polar surface area (TPSA) is 43.4 Å². The van der Waals surface area contributed by atoms with E-state index in [1.165, 1.54) is 0 Å². The average molecular weight is 420 g/mol. The summed E-state index contributed by atoms with van der Waals surface area (Å²) >= 11 is 7.10. The van der Waals surface area contributed by atoms with Crippen molar-refractivity contribution in [3.05, 3.63) is 26.9 Å². The molecule has 1 aromatic heterocycles. The average Bonchev–Trinajstić information content (AvgIpc) is 2.90. The van der Waals surface area contributed by atoms with E-state index in [2.05, 4.69) is 48.2 Å². The number of hydrogen-bond donors (Lipinski definition) is 1. The molecule has 3 heterocycles. The SMILES string of the molecule is CNC(c1ncc(Br)cc1Br)C1CCOC2(CCOC2)C1. The summed E-state index contributed by atoms with van der Waals surface area (Å²) in [6, 6.07) is 2.29. The van der Waals surface area contributed by atoms with E-state index in [1.807, 2.05) is 13.2 Å². The van der Waals surface area contributed by atoms with Crippen molar-refractivity contribution in [2.24, 2.45) is 5.92 Å². The predicted octanol–water partition coefficient (Wildman–Crippen LogP) is 3.45. The zero-order valence-corrected chi connectivity index (χ0v) is 15.2. The van der Waals surface area contributed by atoms with Gasteiger partial charge in [0.15, 0.2) is 0 Å². The Morgan fingerprint density at radius 3 is 2.95 bits per heavy atom. The molecular formula is C15H20Br2N2O2. The van der Waals surface area contributed by atoms with Gasteiger partial charge in [0, 0.05) is 34.8 Å². The molecule has 1 aromatic rings. The van der Waals surface area contributed by atoms with E-state index >= 15 is 0 Å². The third-order valence-electron chi connectivity index (χ3n) is 4.51. The first kappa shape index (κ1) is 15.9. The first-order chi connectivity index (χ1) is 10.1. The second-order valence-electron chi connectivity index (χ2n) is 5.87. The van der Waals surface area contributed by atoms with Crippen molar-refractivity contribution in [1.29, 1.82) is 0 Å². The van der Waals surface area contributed by atoms with Crippen LogP contribution in [-0.2, 0) is 9.47 Å². The smallest absolute Gasteiger partial charge is 0.0940 e. The molecule has 0 radical (unpaired) electrons. The van der Waals surface area contributed by atoms with Crippen LogP contribution < -0.4 is 5.32 Å². The fourth-order valence-electron chi connectivity index (χ4n) is 3.46. The number of nitrogens with zero attached hydrogens (tertiary/aromatic N) is 1. The molecule has 2 aliphatic rings. The highest BCUT2D eigenvalue weighted by Gasteiger charge is 2.43. The van der Waals surface area contributed by atoms with Crippen LogP contribution in [0.2, 0.25) is 0 Å². The third-order valence-corrected chi connectivity index (χ3v) is 5.58. The van der Waals surface area contributed by atoms with Gasteiger partial charge < -0.3 is 14.8 Å². The zero-order valence-electron chi connectivity index (χ0n) is 12.1. The van der Waals surface area contributed by atoms with Crippen LogP contribution in [0.15, 0.2) is 21.2 Å². The van der Waals surface area contributed by atoms with E-state index in [-0.39, 0.29) is 11.6 Å². The lowest BCUT2D eigenvalue weighted by molar-refractivity contribution is -0.103. The van der Waals surface area contributed by atoms with E-state index in [9.17, 15) is 0 Å². The van der Waals surface area contributed by atoms with Crippen molar-refractivity contribution in [3.63, 3.8) is 0 Å². The van der Waals surface area contributed by atoms with Crippen LogP contribution in [0.1, 0.15) is 31.0 Å². The number of rotatable bonds is 3. The lowest BCUT2D eigenvalue weighted by Crippen LogP contribution is -2.43. The van der Waals surface area contributed by atoms with Crippen LogP contribution in [0.5, 0.6) is 0 Å². The summed E-state index contributed by atoms with van der Waals surface area (Å²) in [5, 5.41) is 3.45. The summed E-state index contributed by atoms with van der Waals surface area (Å²) in [4.78, 5) is 4.61. The minimum Gasteiger partial charge on any atom is -0.378 e. The van der Waals surface area contributed by atoms with E-state index in [0.29, 0.717) is 5.92 Å². The van der Waals surface area contributed by atoms with Crippen LogP contribution in [0.25, 0.3) is 0 Å². The highest BCUT2D eigenvalue weighted by atomic mass is 79.9. The Morgan fingerprint density at radius 1 is 1.43 bits per heavy atom. The van der Waals surface area contributed by atoms with Gasteiger partial charge in [0.05, 0.1) is 23.9 Å². The van der Waals surface area contributed by atoms with Crippen molar-refractivity contribution >= 4 is 31.9 Å². The maximum atomic E-state index is 6.04. The molecule has 2 fully saturated rings. The highest BCUT2D eigenvalue weighted by molar-refractivity contribution is 9.11. The quantitative estimate of drug-likeness (QED) is 0.814. The van der Waals surface area contributed by atoms with Gasteiger partial charge in [0.1, 0.15) is 0 Å². The highest BCUT2D eigenvalue weighted by Crippen LogP contribution is 2.41. The second-order valence-corrected chi connectivity index (χ2v) is 7.64. The summed E-state index contributed by atoms with van der Waals surface area (Å²) < 4.78 is 13.6. The van der Waals surface area contributed by atoms with E-state index in [4.69, 9.17) is 9.47 Å². The van der Waals surface area contributed by atoms with Crippen molar-refractivity contribution in [1.82, 2.24) is 10.3 Å². The largest absolute Gasteiger partial charge is 0.378 e. The Kier molecular flexibility index (Phi) is 5.01. The van der Waals surface area contributed by atoms with Gasteiger partial charge >= 0.3 is 0 Å². The van der Waals surface area contributed by atoms with E-state index in [1.54, 1.807) is 0 Å². The maximum absolute atomic E-state index is 6.04. The van der Waals surface area contributed by atoms with E-state index < -0.39 is 0 Å². The number of aromatic nitrogens is 1. The maximum Gasteiger partial charge on any atom is 0.0940 e. The van der Waals surface area contributed by atoms with Crippen LogP contribution in [-0.4, -0.2) is 37.5 Å². The normalized spacial score (nSPS) is 30.7. The fraction of sp³-hybridized carbons (Fsp3) is 0.667. The molecule has 2 saturated heterocycles. The molecule has 0 bridgehead atoms. The Morgan fingerprint density at radius 2 is 2.29 bits per heavy atom. The van der Waals surface area contributed by atoms with Gasteiger partial charge in [-0.1, -0.05) is 0 Å². The Balaban J connectivity index is 1.82. The number of nitrogens with one attached hydrogen (secondary N) is 1. The van der Waals surface area contributed by atoms with Crippen LogP contribution in [0.4, 0.5) is 0 Å². The molecule has 116 valence electrons. The summed E-state index contributed by atoms with van der Waals surface area (Å²) in [5.41, 5.74) is 1.00. The Bertz CT molecular complexity index is 506. The minimum absolute atomic E-state index is 0.0696. The third kappa shape index (κ3) is 3.34. The first-order valence-electron chi connectivity index (χ1n) is 7.33. The molecule has 1 N–H and O–H groups in total. The summed E-state index contributed by atoms with van der Waals surface area (Å²) in [5.74, 6) is 0.510. The van der Waals surface area contributed by atoms with Crippen LogP contribution in [0, 0.1) is 5.92 Å². The summed E-state index contributed by atoms with van der Waals surface area (Å²) in [6.07, 6.45) is 4.95. The molecule has 4 nitrogen and oxygen atoms in total. The Labute approximate surface area is 142 Å². The van der Waals surface area contributed by atoms with Gasteiger partial charge in [0.25, 0.3) is 0 Å². The van der Waals surface area contributed by atoms with Gasteiger partial charge in [0.2, 0.25) is 0 Å². The van der Waals surface area contributed by atoms with Gasteiger partial charge in [-0.15, -0.1) is 0 Å². The van der Waals surface area contributed by atoms with Crippen molar-refractivity contribution in [2.45, 2.75) is 30.9 Å². The number of hydrogen-bond acceptors (Lipinski definition) is 4. The Hall–Kier alpha value is -0.0100. The zero-order chi connectivity index (χ0) is 14.9. The fourth-order valence-corrected chi connectivity index (χ4v) is 4.70. The van der Waals surface area contributed by atoms with Gasteiger partial charge in [-0.25, -0.2) is 0 Å². The van der Waals surface area contributed by atoms with Crippen molar-refractivity contribution < 1.29 is 9.47 Å². The summed E-state index contributed by atoms with van der Waals surface area (Å²) in [7, 11) is 2.01. The molecule has 21 heavy (non-hydrogen) atoms. The minimum atomic E-state index is -0.0696. The molecule has 2 aliphatic heterocycles. The molecule has 3 rings (SSSR count). The standard InChI is InChI=1S/C15H20Br2N2O2/c1-18-13(14-12(17)6-11(16)8-19-14)10-2-4-21-15(7-10)3-5-20-9-15/h6,8,10,13,18H,2-5,7,9H2,1H3. The summed E-state index contributed by atoms with van der Waals surface area (Å²) in [6.45, 7) is 2.35. The van der Waals surface area contributed by atoms with Crippen molar-refractivity contribution in [2.75, 3.05) is 26.9 Å². The monoisotopic (exact) mass is 418 g/mol. The predicted molar refractivity (Wildman–Crippen MR) is 88.3 cm³/mol. The molecule has 0 saturated carbocycles. The molecule has 0 aromatic carbocycles. The molecule has 0 amide bonds. The lowest BCUT2D eigenvalue weighted by atomic mass is 9.80. The molecule has 3 atom stereocenters. The molecular weight excluding hydrogens is 400 g/mol. The number of halogens is 2. The molecule has 0 aliphatic carbocycles. The van der Waals surface area contributed by atoms with Crippen LogP contribution in [0.3, 0.4) is 0 Å². The van der Waals surface area contributed by atoms with Crippen LogP contribution >= 0.6 is 31.9 Å². The molecule has 1 spiro atoms. The first-order valence-corrected chi connectivity index (χ1v) is 8.92. The van der Waals surface area contributed by atoms with Crippen molar-refractivity contribution in [3.8, 4) is 0 Å². The van der Waals surface area contributed by atoms with E-state index in [0.717, 1.165) is 53.7 Å². The van der Waals surface area contributed by atoms with Gasteiger partial charge in [-0.05, 0) is 63.7 Å². The van der Waals surface area contributed by atoms with Gasteiger partial charge in [-0.2, -0.15) is 0 Å². The number of ether oxygens (including phenoxy) is 2. The lowest BCUT2D eigenvalue weighted by Gasteiger charge is -2.40. The molecule has 6 heteroatoms. The molecule has 3 unspecified atom stereocenters. The van der Waals surface area contributed by atoms with Gasteiger partial charge in [-0.3, -0.25) is 4.98 Å². The number of pyridine rings is 1.